The molecule has 0 radical (unpaired) electrons. The van der Waals surface area contributed by atoms with E-state index in [4.69, 9.17) is 31.0 Å². The smallest absolute Gasteiger partial charge is 0.387 e. The Bertz CT molecular complexity index is 955. The van der Waals surface area contributed by atoms with Gasteiger partial charge in [0.15, 0.2) is 6.23 Å². The van der Waals surface area contributed by atoms with Gasteiger partial charge in [-0.3, -0.25) is 9.32 Å². The van der Waals surface area contributed by atoms with Gasteiger partial charge >= 0.3 is 23.5 Å². The topological polar surface area (TPSA) is 269 Å². The number of rotatable bonds is 11. The molecule has 6 unspecified atom stereocenters. The first-order valence-electron chi connectivity index (χ1n) is 8.16. The molecule has 22 heteroatoms. The zero-order valence-electron chi connectivity index (χ0n) is 15.5. The minimum absolute atomic E-state index is 0.0492. The summed E-state index contributed by atoms with van der Waals surface area (Å²) in [6.07, 6.45) is -4.89. The Labute approximate surface area is 183 Å². The first kappa shape index (κ1) is 27.4. The molecule has 1 fully saturated rings. The van der Waals surface area contributed by atoms with E-state index in [1.807, 2.05) is 0 Å². The second-order valence-electron chi connectivity index (χ2n) is 6.03. The van der Waals surface area contributed by atoms with Crippen molar-refractivity contribution in [3.8, 4) is 0 Å². The third-order valence-electron chi connectivity index (χ3n) is 3.56. The Morgan fingerprint density at radius 2 is 1.81 bits per heavy atom. The van der Waals surface area contributed by atoms with Gasteiger partial charge in [-0.05, 0) is 0 Å². The Morgan fingerprint density at radius 1 is 1.16 bits per heavy atom. The number of ether oxygens (including phenoxy) is 1. The standard InChI is InChI=1S/C10H18ClN4O14P3/c11-1-7(16)12-2-5-3-15(14-13-5)10-9(18)8(17)6(27-10)4-26-31(22,23)29-32(24,25)28-30(19,20)21/h3,6,8-10,17-18H,1-2,4H2,(H,12,16)(H,22,23)(H,24,25)(H2,19,20,21). The first-order chi connectivity index (χ1) is 14.6. The normalized spacial score (nSPS) is 27.6. The number of hydrogen-bond acceptors (Lipinski definition) is 12. The molecule has 1 aliphatic rings. The van der Waals surface area contributed by atoms with Crippen molar-refractivity contribution in [1.82, 2.24) is 20.3 Å². The molecular formula is C10H18ClN4O14P3. The third kappa shape index (κ3) is 8.20. The number of carbonyl (C=O) groups excluding carboxylic acids is 1. The fraction of sp³-hybridized carbons (Fsp3) is 0.700. The first-order valence-corrected chi connectivity index (χ1v) is 13.2. The van der Waals surface area contributed by atoms with Crippen LogP contribution in [0.5, 0.6) is 0 Å². The van der Waals surface area contributed by atoms with Crippen LogP contribution in [0.2, 0.25) is 0 Å². The van der Waals surface area contributed by atoms with Crippen LogP contribution < -0.4 is 5.32 Å². The van der Waals surface area contributed by atoms with E-state index in [-0.39, 0.29) is 18.1 Å². The summed E-state index contributed by atoms with van der Waals surface area (Å²) in [5, 5.41) is 30.0. The molecule has 32 heavy (non-hydrogen) atoms. The highest BCUT2D eigenvalue weighted by molar-refractivity contribution is 7.66. The van der Waals surface area contributed by atoms with E-state index in [9.17, 15) is 33.6 Å². The summed E-state index contributed by atoms with van der Waals surface area (Å²) < 4.78 is 51.4. The average molecular weight is 547 g/mol. The number of phosphoric acid groups is 3. The molecule has 1 aromatic heterocycles. The van der Waals surface area contributed by atoms with Gasteiger partial charge in [-0.15, -0.1) is 16.7 Å². The van der Waals surface area contributed by atoms with Gasteiger partial charge in [0.05, 0.1) is 19.3 Å². The van der Waals surface area contributed by atoms with Gasteiger partial charge in [-0.1, -0.05) is 5.21 Å². The van der Waals surface area contributed by atoms with Gasteiger partial charge in [-0.2, -0.15) is 8.62 Å². The monoisotopic (exact) mass is 546 g/mol. The molecule has 6 atom stereocenters. The predicted octanol–water partition coefficient (Wildman–Crippen LogP) is -1.90. The lowest BCUT2D eigenvalue weighted by Crippen LogP contribution is -2.33. The molecule has 18 nitrogen and oxygen atoms in total. The van der Waals surface area contributed by atoms with Gasteiger partial charge in [0, 0.05) is 0 Å². The van der Waals surface area contributed by atoms with Crippen molar-refractivity contribution in [2.24, 2.45) is 0 Å². The number of amides is 1. The average Bonchev–Trinajstić information content (AvgIpc) is 3.20. The number of carbonyl (C=O) groups is 1. The van der Waals surface area contributed by atoms with Crippen LogP contribution in [0.15, 0.2) is 6.20 Å². The van der Waals surface area contributed by atoms with Crippen molar-refractivity contribution >= 4 is 41.0 Å². The maximum Gasteiger partial charge on any atom is 0.490 e. The summed E-state index contributed by atoms with van der Waals surface area (Å²) in [6, 6.07) is 0. The van der Waals surface area contributed by atoms with Gasteiger partial charge in [0.1, 0.15) is 29.9 Å². The zero-order chi connectivity index (χ0) is 24.3. The Hall–Kier alpha value is -0.810. The lowest BCUT2D eigenvalue weighted by Gasteiger charge is -2.19. The van der Waals surface area contributed by atoms with Crippen molar-refractivity contribution in [3.05, 3.63) is 11.9 Å². The Morgan fingerprint density at radius 3 is 2.41 bits per heavy atom. The highest BCUT2D eigenvalue weighted by Crippen LogP contribution is 2.66. The number of hydrogen-bond donors (Lipinski definition) is 7. The number of halogens is 1. The fourth-order valence-corrected chi connectivity index (χ4v) is 5.44. The van der Waals surface area contributed by atoms with Gasteiger partial charge < -0.3 is 39.8 Å². The molecule has 1 aliphatic heterocycles. The van der Waals surface area contributed by atoms with E-state index in [0.29, 0.717) is 0 Å². The van der Waals surface area contributed by atoms with Crippen LogP contribution in [0.1, 0.15) is 11.9 Å². The van der Waals surface area contributed by atoms with E-state index in [1.54, 1.807) is 0 Å². The van der Waals surface area contributed by atoms with E-state index < -0.39 is 60.5 Å². The highest BCUT2D eigenvalue weighted by atomic mass is 35.5. The van der Waals surface area contributed by atoms with Crippen molar-refractivity contribution in [2.75, 3.05) is 12.5 Å². The van der Waals surface area contributed by atoms with Crippen LogP contribution >= 0.6 is 35.1 Å². The van der Waals surface area contributed by atoms with Crippen molar-refractivity contribution in [2.45, 2.75) is 31.1 Å². The lowest BCUT2D eigenvalue weighted by atomic mass is 10.1. The minimum atomic E-state index is -5.71. The van der Waals surface area contributed by atoms with Crippen LogP contribution in [0.3, 0.4) is 0 Å². The molecule has 1 aromatic rings. The molecule has 1 amide bonds. The summed E-state index contributed by atoms with van der Waals surface area (Å²) in [6.45, 7) is -1.03. The number of aromatic nitrogens is 3. The summed E-state index contributed by atoms with van der Waals surface area (Å²) in [5.41, 5.74) is 0.241. The van der Waals surface area contributed by atoms with E-state index >= 15 is 0 Å². The zero-order valence-corrected chi connectivity index (χ0v) is 19.0. The quantitative estimate of drug-likeness (QED) is 0.118. The number of aliphatic hydroxyl groups excluding tert-OH is 2. The lowest BCUT2D eigenvalue weighted by molar-refractivity contribution is -0.118. The largest absolute Gasteiger partial charge is 0.490 e. The molecule has 0 saturated carbocycles. The molecular weight excluding hydrogens is 528 g/mol. The van der Waals surface area contributed by atoms with Gasteiger partial charge in [-0.25, -0.2) is 18.4 Å². The molecule has 2 rings (SSSR count). The van der Waals surface area contributed by atoms with E-state index in [2.05, 4.69) is 28.8 Å². The molecule has 184 valence electrons. The molecule has 7 N–H and O–H groups in total. The summed E-state index contributed by atoms with van der Waals surface area (Å²) >= 11 is 5.34. The molecule has 2 heterocycles. The number of nitrogens with zero attached hydrogens (tertiary/aromatic N) is 3. The highest BCUT2D eigenvalue weighted by Gasteiger charge is 2.46. The number of nitrogens with one attached hydrogen (secondary N) is 1. The van der Waals surface area contributed by atoms with Crippen LogP contribution in [-0.2, 0) is 42.9 Å². The molecule has 0 aromatic carbocycles. The minimum Gasteiger partial charge on any atom is -0.387 e. The molecule has 0 spiro atoms. The second kappa shape index (κ2) is 10.6. The third-order valence-corrected chi connectivity index (χ3v) is 7.61. The van der Waals surface area contributed by atoms with Crippen molar-refractivity contribution in [3.63, 3.8) is 0 Å². The maximum atomic E-state index is 11.7. The SMILES string of the molecule is O=C(CCl)NCc1cn(C2OC(COP(=O)(O)OP(=O)(O)OP(=O)(O)O)C(O)C2O)nn1. The van der Waals surface area contributed by atoms with Crippen molar-refractivity contribution < 1.29 is 66.2 Å². The van der Waals surface area contributed by atoms with Crippen LogP contribution in [0, 0.1) is 0 Å². The van der Waals surface area contributed by atoms with E-state index in [0.717, 1.165) is 4.68 Å². The number of phosphoric ester groups is 1. The summed E-state index contributed by atoms with van der Waals surface area (Å²) in [7, 11) is -16.7. The fourth-order valence-electron chi connectivity index (χ4n) is 2.31. The summed E-state index contributed by atoms with van der Waals surface area (Å²) in [4.78, 5) is 46.6. The van der Waals surface area contributed by atoms with Crippen molar-refractivity contribution in [1.29, 1.82) is 0 Å². The Kier molecular flexibility index (Phi) is 9.11. The van der Waals surface area contributed by atoms with Crippen LogP contribution in [-0.4, -0.2) is 81.5 Å². The van der Waals surface area contributed by atoms with Crippen LogP contribution in [0.25, 0.3) is 0 Å². The predicted molar refractivity (Wildman–Crippen MR) is 98.3 cm³/mol. The molecule has 1 saturated heterocycles. The molecule has 0 aliphatic carbocycles. The maximum absolute atomic E-state index is 11.7. The Balaban J connectivity index is 1.96. The summed E-state index contributed by atoms with van der Waals surface area (Å²) in [5.74, 6) is -0.748. The van der Waals surface area contributed by atoms with Crippen LogP contribution in [0.4, 0.5) is 0 Å². The molecule has 0 bridgehead atoms. The van der Waals surface area contributed by atoms with Gasteiger partial charge in [0.2, 0.25) is 5.91 Å². The van der Waals surface area contributed by atoms with Gasteiger partial charge in [0.25, 0.3) is 0 Å². The van der Waals surface area contributed by atoms with E-state index in [1.165, 1.54) is 6.20 Å². The number of aliphatic hydroxyl groups is 2. The number of alkyl halides is 1. The second-order valence-corrected chi connectivity index (χ2v) is 10.7.